The Hall–Kier alpha value is -1.97. The van der Waals surface area contributed by atoms with Gasteiger partial charge in [0.05, 0.1) is 23.2 Å². The smallest absolute Gasteiger partial charge is 0.105 e. The molecule has 0 saturated carbocycles. The first-order valence-electron chi connectivity index (χ1n) is 3.70. The molecule has 0 atom stereocenters. The molecule has 2 rings (SSSR count). The third kappa shape index (κ3) is 1.33. The molecule has 0 aliphatic heterocycles. The number of hydrogen-bond acceptors (Lipinski definition) is 4. The summed E-state index contributed by atoms with van der Waals surface area (Å²) in [4.78, 5) is 18.2. The van der Waals surface area contributed by atoms with Crippen LogP contribution in [-0.2, 0) is 0 Å². The molecule has 1 heterocycles. The van der Waals surface area contributed by atoms with Gasteiger partial charge in [-0.1, -0.05) is 12.1 Å². The van der Waals surface area contributed by atoms with Crippen LogP contribution in [0.25, 0.3) is 11.0 Å². The van der Waals surface area contributed by atoms with Gasteiger partial charge in [-0.15, -0.1) is 0 Å². The highest BCUT2D eigenvalue weighted by Gasteiger charge is 1.98. The van der Waals surface area contributed by atoms with Crippen LogP contribution in [0.5, 0.6) is 0 Å². The van der Waals surface area contributed by atoms with E-state index < -0.39 is 5.97 Å². The first-order chi connectivity index (χ1) is 6.27. The quantitative estimate of drug-likeness (QED) is 0.608. The molecule has 4 heteroatoms. The van der Waals surface area contributed by atoms with Crippen molar-refractivity contribution in [3.8, 4) is 0 Å². The third-order valence-electron chi connectivity index (χ3n) is 1.66. The van der Waals surface area contributed by atoms with E-state index in [-0.39, 0.29) is 5.69 Å². The van der Waals surface area contributed by atoms with Crippen molar-refractivity contribution < 1.29 is 9.90 Å². The van der Waals surface area contributed by atoms with Crippen molar-refractivity contribution in [2.45, 2.75) is 0 Å². The van der Waals surface area contributed by atoms with Crippen molar-refractivity contribution in [3.05, 3.63) is 36.2 Å². The molecule has 1 aromatic heterocycles. The zero-order valence-corrected chi connectivity index (χ0v) is 6.60. The number of hydrogen-bond donors (Lipinski definition) is 0. The molecule has 0 N–H and O–H groups in total. The molecule has 0 amide bonds. The van der Waals surface area contributed by atoms with Gasteiger partial charge in [-0.25, -0.2) is 4.98 Å². The van der Waals surface area contributed by atoms with Crippen molar-refractivity contribution in [2.24, 2.45) is 0 Å². The second kappa shape index (κ2) is 2.82. The number of carbonyl (C=O) groups is 1. The van der Waals surface area contributed by atoms with E-state index in [9.17, 15) is 9.90 Å². The SMILES string of the molecule is O=C([O-])c1cnc2ccccc2n1. The Bertz CT molecular complexity index is 468. The summed E-state index contributed by atoms with van der Waals surface area (Å²) in [7, 11) is 0. The number of fused-ring (bicyclic) bond motifs is 1. The van der Waals surface area contributed by atoms with Gasteiger partial charge in [-0.05, 0) is 12.1 Å². The van der Waals surface area contributed by atoms with Crippen LogP contribution in [0, 0.1) is 0 Å². The molecule has 0 fully saturated rings. The number of carboxylic acids is 1. The maximum Gasteiger partial charge on any atom is 0.105 e. The summed E-state index contributed by atoms with van der Waals surface area (Å²) in [5, 5.41) is 10.4. The van der Waals surface area contributed by atoms with Crippen LogP contribution >= 0.6 is 0 Å². The lowest BCUT2D eigenvalue weighted by Crippen LogP contribution is -2.23. The fraction of sp³-hybridized carbons (Fsp3) is 0. The second-order valence-corrected chi connectivity index (χ2v) is 2.53. The van der Waals surface area contributed by atoms with E-state index >= 15 is 0 Å². The van der Waals surface area contributed by atoms with E-state index in [0.717, 1.165) is 0 Å². The Morgan fingerprint density at radius 2 is 1.92 bits per heavy atom. The monoisotopic (exact) mass is 173 g/mol. The molecule has 0 aliphatic carbocycles. The maximum absolute atomic E-state index is 10.4. The van der Waals surface area contributed by atoms with Gasteiger partial charge in [-0.3, -0.25) is 4.98 Å². The summed E-state index contributed by atoms with van der Waals surface area (Å²) < 4.78 is 0. The summed E-state index contributed by atoms with van der Waals surface area (Å²) in [6, 6.07) is 7.06. The molecule has 2 aromatic rings. The number of carbonyl (C=O) groups excluding carboxylic acids is 1. The number of para-hydroxylation sites is 2. The average Bonchev–Trinajstić information content (AvgIpc) is 2.17. The molecule has 0 radical (unpaired) electrons. The second-order valence-electron chi connectivity index (χ2n) is 2.53. The summed E-state index contributed by atoms with van der Waals surface area (Å²) >= 11 is 0. The Balaban J connectivity index is 2.69. The number of rotatable bonds is 1. The van der Waals surface area contributed by atoms with E-state index in [1.54, 1.807) is 18.2 Å². The number of carboxylic acid groups (broad SMARTS) is 1. The highest BCUT2D eigenvalue weighted by atomic mass is 16.4. The standard InChI is InChI=1S/C9H6N2O2/c12-9(13)8-5-10-6-3-1-2-4-7(6)11-8/h1-5H,(H,12,13)/p-1. The largest absolute Gasteiger partial charge is 0.543 e. The van der Waals surface area contributed by atoms with E-state index in [2.05, 4.69) is 9.97 Å². The Morgan fingerprint density at radius 3 is 2.62 bits per heavy atom. The molecule has 0 aliphatic rings. The molecular weight excluding hydrogens is 168 g/mol. The predicted molar refractivity (Wildman–Crippen MR) is 43.9 cm³/mol. The summed E-state index contributed by atoms with van der Waals surface area (Å²) in [5.74, 6) is -1.31. The normalized spacial score (nSPS) is 10.2. The van der Waals surface area contributed by atoms with Gasteiger partial charge in [0, 0.05) is 0 Å². The van der Waals surface area contributed by atoms with Gasteiger partial charge in [-0.2, -0.15) is 0 Å². The topological polar surface area (TPSA) is 65.9 Å². The average molecular weight is 173 g/mol. The van der Waals surface area contributed by atoms with Gasteiger partial charge >= 0.3 is 0 Å². The molecular formula is C9H5N2O2-. The summed E-state index contributed by atoms with van der Waals surface area (Å²) in [5.41, 5.74) is 1.09. The van der Waals surface area contributed by atoms with E-state index in [0.29, 0.717) is 11.0 Å². The molecule has 0 spiro atoms. The van der Waals surface area contributed by atoms with E-state index in [1.807, 2.05) is 6.07 Å². The van der Waals surface area contributed by atoms with Crippen LogP contribution in [-0.4, -0.2) is 15.9 Å². The van der Waals surface area contributed by atoms with Crippen molar-refractivity contribution in [1.29, 1.82) is 0 Å². The lowest BCUT2D eigenvalue weighted by atomic mass is 10.3. The van der Waals surface area contributed by atoms with Gasteiger partial charge in [0.25, 0.3) is 0 Å². The zero-order chi connectivity index (χ0) is 9.26. The van der Waals surface area contributed by atoms with E-state index in [4.69, 9.17) is 0 Å². The fourth-order valence-corrected chi connectivity index (χ4v) is 1.06. The van der Waals surface area contributed by atoms with Crippen molar-refractivity contribution in [3.63, 3.8) is 0 Å². The fourth-order valence-electron chi connectivity index (χ4n) is 1.06. The molecule has 4 nitrogen and oxygen atoms in total. The lowest BCUT2D eigenvalue weighted by Gasteiger charge is -2.01. The number of aromatic carboxylic acids is 1. The van der Waals surface area contributed by atoms with Crippen LogP contribution in [0.4, 0.5) is 0 Å². The predicted octanol–water partition coefficient (Wildman–Crippen LogP) is -0.00670. The van der Waals surface area contributed by atoms with Crippen LogP contribution in [0.2, 0.25) is 0 Å². The number of aromatic nitrogens is 2. The van der Waals surface area contributed by atoms with Crippen molar-refractivity contribution in [2.75, 3.05) is 0 Å². The summed E-state index contributed by atoms with van der Waals surface area (Å²) in [6.45, 7) is 0. The van der Waals surface area contributed by atoms with Crippen LogP contribution < -0.4 is 5.11 Å². The van der Waals surface area contributed by atoms with Gasteiger partial charge in [0.2, 0.25) is 0 Å². The van der Waals surface area contributed by atoms with Crippen molar-refractivity contribution >= 4 is 17.0 Å². The highest BCUT2D eigenvalue weighted by Crippen LogP contribution is 2.07. The minimum atomic E-state index is -1.31. The third-order valence-corrected chi connectivity index (χ3v) is 1.66. The van der Waals surface area contributed by atoms with Crippen LogP contribution in [0.3, 0.4) is 0 Å². The molecule has 1 aromatic carbocycles. The Kier molecular flexibility index (Phi) is 1.66. The number of nitrogens with zero attached hydrogens (tertiary/aromatic N) is 2. The molecule has 0 bridgehead atoms. The molecule has 13 heavy (non-hydrogen) atoms. The van der Waals surface area contributed by atoms with Crippen LogP contribution in [0.1, 0.15) is 10.5 Å². The first kappa shape index (κ1) is 7.67. The lowest BCUT2D eigenvalue weighted by molar-refractivity contribution is -0.255. The van der Waals surface area contributed by atoms with E-state index in [1.165, 1.54) is 6.20 Å². The Labute approximate surface area is 73.9 Å². The van der Waals surface area contributed by atoms with Gasteiger partial charge in [0.15, 0.2) is 0 Å². The minimum absolute atomic E-state index is 0.140. The summed E-state index contributed by atoms with van der Waals surface area (Å²) in [6.07, 6.45) is 1.19. The highest BCUT2D eigenvalue weighted by molar-refractivity contribution is 5.86. The molecule has 0 saturated heterocycles. The Morgan fingerprint density at radius 1 is 1.23 bits per heavy atom. The number of benzene rings is 1. The first-order valence-corrected chi connectivity index (χ1v) is 3.70. The minimum Gasteiger partial charge on any atom is -0.543 e. The van der Waals surface area contributed by atoms with Gasteiger partial charge < -0.3 is 9.90 Å². The zero-order valence-electron chi connectivity index (χ0n) is 6.60. The maximum atomic E-state index is 10.4. The van der Waals surface area contributed by atoms with Crippen LogP contribution in [0.15, 0.2) is 30.5 Å². The van der Waals surface area contributed by atoms with Crippen molar-refractivity contribution in [1.82, 2.24) is 9.97 Å². The van der Waals surface area contributed by atoms with Gasteiger partial charge in [0.1, 0.15) is 5.69 Å². The molecule has 0 unspecified atom stereocenters. The molecule has 64 valence electrons.